The summed E-state index contributed by atoms with van der Waals surface area (Å²) in [6.07, 6.45) is 4.31. The highest BCUT2D eigenvalue weighted by Gasteiger charge is 2.35. The third kappa shape index (κ3) is 6.35. The third-order valence-corrected chi connectivity index (χ3v) is 7.55. The first-order chi connectivity index (χ1) is 15.7. The Bertz CT molecular complexity index is 1060. The Morgan fingerprint density at radius 3 is 2.45 bits per heavy atom. The van der Waals surface area contributed by atoms with Crippen LogP contribution in [0.2, 0.25) is 0 Å². The van der Waals surface area contributed by atoms with Crippen LogP contribution in [-0.4, -0.2) is 48.7 Å². The van der Waals surface area contributed by atoms with E-state index in [1.807, 2.05) is 13.8 Å². The lowest BCUT2D eigenvalue weighted by molar-refractivity contribution is -0.132. The SMILES string of the molecule is CC(C)C(NC(=O)C1CCCN(S(=O)(=O)c2ccc(F)cc2)C1)C(=O)NCc1ccncc1. The van der Waals surface area contributed by atoms with Crippen LogP contribution < -0.4 is 10.6 Å². The van der Waals surface area contributed by atoms with Gasteiger partial charge >= 0.3 is 0 Å². The van der Waals surface area contributed by atoms with Gasteiger partial charge in [-0.05, 0) is 60.7 Å². The lowest BCUT2D eigenvalue weighted by atomic mass is 9.96. The second-order valence-electron chi connectivity index (χ2n) is 8.46. The first-order valence-corrected chi connectivity index (χ1v) is 12.3. The highest BCUT2D eigenvalue weighted by Crippen LogP contribution is 2.24. The van der Waals surface area contributed by atoms with Gasteiger partial charge in [0.1, 0.15) is 11.9 Å². The number of sulfonamides is 1. The fourth-order valence-corrected chi connectivity index (χ4v) is 5.26. The monoisotopic (exact) mass is 476 g/mol. The van der Waals surface area contributed by atoms with Crippen molar-refractivity contribution in [1.82, 2.24) is 19.9 Å². The number of carbonyl (C=O) groups excluding carboxylic acids is 2. The molecule has 3 rings (SSSR count). The van der Waals surface area contributed by atoms with E-state index in [1.165, 1.54) is 16.4 Å². The zero-order chi connectivity index (χ0) is 24.0. The largest absolute Gasteiger partial charge is 0.350 e. The maximum absolute atomic E-state index is 13.2. The standard InChI is InChI=1S/C23H29FN4O4S/c1-16(2)21(23(30)26-14-17-9-11-25-12-10-17)27-22(29)18-4-3-13-28(15-18)33(31,32)20-7-5-19(24)6-8-20/h5-12,16,18,21H,3-4,13-15H2,1-2H3,(H,26,30)(H,27,29). The van der Waals surface area contributed by atoms with Crippen molar-refractivity contribution in [3.63, 3.8) is 0 Å². The molecule has 2 aromatic rings. The molecule has 2 amide bonds. The van der Waals surface area contributed by atoms with Crippen LogP contribution in [0, 0.1) is 17.7 Å². The number of amides is 2. The molecule has 1 saturated heterocycles. The molecule has 178 valence electrons. The highest BCUT2D eigenvalue weighted by molar-refractivity contribution is 7.89. The zero-order valence-electron chi connectivity index (χ0n) is 18.7. The summed E-state index contributed by atoms with van der Waals surface area (Å²) in [5.74, 6) is -1.92. The van der Waals surface area contributed by atoms with Crippen LogP contribution in [0.1, 0.15) is 32.3 Å². The van der Waals surface area contributed by atoms with E-state index in [0.29, 0.717) is 19.4 Å². The number of aromatic nitrogens is 1. The van der Waals surface area contributed by atoms with E-state index in [0.717, 1.165) is 17.7 Å². The van der Waals surface area contributed by atoms with Crippen LogP contribution in [0.25, 0.3) is 0 Å². The second-order valence-corrected chi connectivity index (χ2v) is 10.4. The molecule has 8 nitrogen and oxygen atoms in total. The molecular formula is C23H29FN4O4S. The number of pyridine rings is 1. The fourth-order valence-electron chi connectivity index (χ4n) is 3.74. The molecule has 10 heteroatoms. The lowest BCUT2D eigenvalue weighted by Gasteiger charge is -2.32. The van der Waals surface area contributed by atoms with Crippen molar-refractivity contribution in [3.05, 3.63) is 60.2 Å². The van der Waals surface area contributed by atoms with Crippen LogP contribution in [0.3, 0.4) is 0 Å². The Kier molecular flexibility index (Phi) is 8.15. The van der Waals surface area contributed by atoms with Gasteiger partial charge < -0.3 is 10.6 Å². The Labute approximate surface area is 193 Å². The van der Waals surface area contributed by atoms with Crippen LogP contribution in [0.15, 0.2) is 53.7 Å². The maximum atomic E-state index is 13.2. The number of hydrogen-bond acceptors (Lipinski definition) is 5. The summed E-state index contributed by atoms with van der Waals surface area (Å²) in [5.41, 5.74) is 0.890. The summed E-state index contributed by atoms with van der Waals surface area (Å²) in [6, 6.07) is 7.47. The third-order valence-electron chi connectivity index (χ3n) is 5.67. The van der Waals surface area contributed by atoms with E-state index in [9.17, 15) is 22.4 Å². The van der Waals surface area contributed by atoms with Gasteiger partial charge in [0.05, 0.1) is 10.8 Å². The van der Waals surface area contributed by atoms with Crippen molar-refractivity contribution in [1.29, 1.82) is 0 Å². The lowest BCUT2D eigenvalue weighted by Crippen LogP contribution is -2.53. The number of nitrogens with one attached hydrogen (secondary N) is 2. The number of rotatable bonds is 8. The van der Waals surface area contributed by atoms with E-state index >= 15 is 0 Å². The van der Waals surface area contributed by atoms with Crippen molar-refractivity contribution < 1.29 is 22.4 Å². The molecule has 1 aromatic carbocycles. The molecule has 33 heavy (non-hydrogen) atoms. The van der Waals surface area contributed by atoms with Crippen LogP contribution in [-0.2, 0) is 26.2 Å². The topological polar surface area (TPSA) is 108 Å². The number of nitrogens with zero attached hydrogens (tertiary/aromatic N) is 2. The van der Waals surface area contributed by atoms with Gasteiger partial charge in [-0.15, -0.1) is 0 Å². The average molecular weight is 477 g/mol. The van der Waals surface area contributed by atoms with Gasteiger partial charge in [0.15, 0.2) is 0 Å². The minimum absolute atomic E-state index is 0.00892. The number of benzene rings is 1. The molecule has 1 aliphatic rings. The highest BCUT2D eigenvalue weighted by atomic mass is 32.2. The summed E-state index contributed by atoms with van der Waals surface area (Å²) >= 11 is 0. The van der Waals surface area contributed by atoms with E-state index in [1.54, 1.807) is 24.5 Å². The fraction of sp³-hybridized carbons (Fsp3) is 0.435. The molecule has 2 heterocycles. The Hall–Kier alpha value is -2.85. The number of halogens is 1. The average Bonchev–Trinajstić information content (AvgIpc) is 2.81. The maximum Gasteiger partial charge on any atom is 0.243 e. The van der Waals surface area contributed by atoms with Gasteiger partial charge in [-0.1, -0.05) is 13.8 Å². The van der Waals surface area contributed by atoms with E-state index in [2.05, 4.69) is 15.6 Å². The van der Waals surface area contributed by atoms with E-state index < -0.39 is 27.8 Å². The molecule has 2 unspecified atom stereocenters. The van der Waals surface area contributed by atoms with Crippen molar-refractivity contribution >= 4 is 21.8 Å². The predicted octanol–water partition coefficient (Wildman–Crippen LogP) is 2.08. The number of hydrogen-bond donors (Lipinski definition) is 2. The molecule has 1 aliphatic heterocycles. The zero-order valence-corrected chi connectivity index (χ0v) is 19.5. The second kappa shape index (κ2) is 10.8. The molecular weight excluding hydrogens is 447 g/mol. The van der Waals surface area contributed by atoms with Crippen LogP contribution in [0.4, 0.5) is 4.39 Å². The van der Waals surface area contributed by atoms with Gasteiger partial charge in [0.2, 0.25) is 21.8 Å². The molecule has 0 bridgehead atoms. The molecule has 0 radical (unpaired) electrons. The van der Waals surface area contributed by atoms with Crippen molar-refractivity contribution in [2.45, 2.75) is 44.2 Å². The molecule has 0 saturated carbocycles. The van der Waals surface area contributed by atoms with E-state index in [4.69, 9.17) is 0 Å². The van der Waals surface area contributed by atoms with Gasteiger partial charge in [0, 0.05) is 32.0 Å². The van der Waals surface area contributed by atoms with Crippen LogP contribution >= 0.6 is 0 Å². The first kappa shape index (κ1) is 24.8. The molecule has 2 N–H and O–H groups in total. The minimum Gasteiger partial charge on any atom is -0.350 e. The molecule has 0 spiro atoms. The van der Waals surface area contributed by atoms with Crippen LogP contribution in [0.5, 0.6) is 0 Å². The van der Waals surface area contributed by atoms with Gasteiger partial charge in [0.25, 0.3) is 0 Å². The number of piperidine rings is 1. The summed E-state index contributed by atoms with van der Waals surface area (Å²) in [7, 11) is -3.84. The van der Waals surface area contributed by atoms with Gasteiger partial charge in [-0.3, -0.25) is 14.6 Å². The normalized spacial score (nSPS) is 18.0. The van der Waals surface area contributed by atoms with E-state index in [-0.39, 0.29) is 35.7 Å². The van der Waals surface area contributed by atoms with Crippen molar-refractivity contribution in [2.24, 2.45) is 11.8 Å². The summed E-state index contributed by atoms with van der Waals surface area (Å²) < 4.78 is 40.3. The van der Waals surface area contributed by atoms with Gasteiger partial charge in [-0.25, -0.2) is 12.8 Å². The molecule has 1 fully saturated rings. The van der Waals surface area contributed by atoms with Gasteiger partial charge in [-0.2, -0.15) is 4.31 Å². The molecule has 0 aliphatic carbocycles. The Balaban J connectivity index is 1.63. The Morgan fingerprint density at radius 2 is 1.82 bits per heavy atom. The number of carbonyl (C=O) groups is 2. The predicted molar refractivity (Wildman–Crippen MR) is 121 cm³/mol. The smallest absolute Gasteiger partial charge is 0.243 e. The molecule has 2 atom stereocenters. The minimum atomic E-state index is -3.84. The summed E-state index contributed by atoms with van der Waals surface area (Å²) in [5, 5.41) is 5.64. The quantitative estimate of drug-likeness (QED) is 0.607. The summed E-state index contributed by atoms with van der Waals surface area (Å²) in [4.78, 5) is 29.6. The van der Waals surface area contributed by atoms with Crippen molar-refractivity contribution in [2.75, 3.05) is 13.1 Å². The molecule has 1 aromatic heterocycles. The van der Waals surface area contributed by atoms with Crippen molar-refractivity contribution in [3.8, 4) is 0 Å². The Morgan fingerprint density at radius 1 is 1.15 bits per heavy atom. The summed E-state index contributed by atoms with van der Waals surface area (Å²) in [6.45, 7) is 4.28. The first-order valence-electron chi connectivity index (χ1n) is 10.9.